The number of fused-ring (bicyclic) bond motifs is 1. The Hall–Kier alpha value is -2.20. The summed E-state index contributed by atoms with van der Waals surface area (Å²) in [7, 11) is 0. The molecule has 0 saturated heterocycles. The zero-order valence-electron chi connectivity index (χ0n) is 11.7. The predicted molar refractivity (Wildman–Crippen MR) is 79.6 cm³/mol. The van der Waals surface area contributed by atoms with Gasteiger partial charge in [0.25, 0.3) is 0 Å². The third-order valence-corrected chi connectivity index (χ3v) is 3.88. The first-order valence-electron chi connectivity index (χ1n) is 7.18. The standard InChI is InChI=1S/C17H18N2O2/c20-15-10-13-5-1-2-6-14(13)17(15)19-16(21)8-7-12-4-3-9-18-11-12/h1-6,9,11,15,17,20H,7-8,10H2,(H,19,21)/t15-,17+/m1/s1. The molecule has 1 amide bonds. The first kappa shape index (κ1) is 13.8. The third-order valence-electron chi connectivity index (χ3n) is 3.88. The summed E-state index contributed by atoms with van der Waals surface area (Å²) in [5.41, 5.74) is 3.18. The molecule has 0 radical (unpaired) electrons. The van der Waals surface area contributed by atoms with Crippen LogP contribution in [0.25, 0.3) is 0 Å². The van der Waals surface area contributed by atoms with Crippen LogP contribution in [-0.4, -0.2) is 22.1 Å². The van der Waals surface area contributed by atoms with Gasteiger partial charge in [-0.3, -0.25) is 9.78 Å². The van der Waals surface area contributed by atoms with Gasteiger partial charge in [0.05, 0.1) is 12.1 Å². The number of pyridine rings is 1. The van der Waals surface area contributed by atoms with Crippen molar-refractivity contribution in [3.63, 3.8) is 0 Å². The van der Waals surface area contributed by atoms with E-state index in [-0.39, 0.29) is 11.9 Å². The number of aliphatic hydroxyl groups is 1. The van der Waals surface area contributed by atoms with E-state index in [1.165, 1.54) is 0 Å². The van der Waals surface area contributed by atoms with Crippen molar-refractivity contribution in [1.82, 2.24) is 10.3 Å². The molecule has 1 aliphatic rings. The first-order valence-corrected chi connectivity index (χ1v) is 7.18. The summed E-state index contributed by atoms with van der Waals surface area (Å²) in [5.74, 6) is -0.0420. The van der Waals surface area contributed by atoms with Gasteiger partial charge >= 0.3 is 0 Å². The Morgan fingerprint density at radius 3 is 2.95 bits per heavy atom. The minimum Gasteiger partial charge on any atom is -0.390 e. The summed E-state index contributed by atoms with van der Waals surface area (Å²) < 4.78 is 0. The lowest BCUT2D eigenvalue weighted by Crippen LogP contribution is -2.33. The molecule has 1 heterocycles. The van der Waals surface area contributed by atoms with E-state index < -0.39 is 6.10 Å². The topological polar surface area (TPSA) is 62.2 Å². The molecule has 2 aromatic rings. The quantitative estimate of drug-likeness (QED) is 0.898. The van der Waals surface area contributed by atoms with Crippen LogP contribution in [0, 0.1) is 0 Å². The van der Waals surface area contributed by atoms with Crippen molar-refractivity contribution in [1.29, 1.82) is 0 Å². The molecule has 0 spiro atoms. The van der Waals surface area contributed by atoms with Gasteiger partial charge in [-0.25, -0.2) is 0 Å². The van der Waals surface area contributed by atoms with E-state index in [4.69, 9.17) is 0 Å². The molecule has 3 rings (SSSR count). The van der Waals surface area contributed by atoms with Crippen LogP contribution in [-0.2, 0) is 17.6 Å². The molecule has 2 N–H and O–H groups in total. The van der Waals surface area contributed by atoms with Crippen LogP contribution in [0.15, 0.2) is 48.8 Å². The fourth-order valence-corrected chi connectivity index (χ4v) is 2.80. The number of aromatic nitrogens is 1. The molecule has 21 heavy (non-hydrogen) atoms. The van der Waals surface area contributed by atoms with E-state index in [0.717, 1.165) is 16.7 Å². The fraction of sp³-hybridized carbons (Fsp3) is 0.294. The summed E-state index contributed by atoms with van der Waals surface area (Å²) >= 11 is 0. The molecule has 2 atom stereocenters. The summed E-state index contributed by atoms with van der Waals surface area (Å²) in [6, 6.07) is 11.4. The molecule has 4 nitrogen and oxygen atoms in total. The summed E-state index contributed by atoms with van der Waals surface area (Å²) in [4.78, 5) is 16.1. The van der Waals surface area contributed by atoms with Crippen LogP contribution >= 0.6 is 0 Å². The van der Waals surface area contributed by atoms with Gasteiger partial charge in [-0.15, -0.1) is 0 Å². The molecule has 108 valence electrons. The number of hydrogen-bond acceptors (Lipinski definition) is 3. The third kappa shape index (κ3) is 3.11. The lowest BCUT2D eigenvalue weighted by atomic mass is 10.1. The SMILES string of the molecule is O=C(CCc1cccnc1)N[C@H]1c2ccccc2C[C@H]1O. The molecule has 0 aliphatic heterocycles. The Kier molecular flexibility index (Phi) is 3.97. The normalized spacial score (nSPS) is 20.0. The lowest BCUT2D eigenvalue weighted by molar-refractivity contribution is -0.122. The largest absolute Gasteiger partial charge is 0.390 e. The van der Waals surface area contributed by atoms with Gasteiger partial charge in [-0.1, -0.05) is 30.3 Å². The second-order valence-electron chi connectivity index (χ2n) is 5.38. The van der Waals surface area contributed by atoms with E-state index >= 15 is 0 Å². The van der Waals surface area contributed by atoms with Gasteiger partial charge in [-0.05, 0) is 29.2 Å². The number of carbonyl (C=O) groups excluding carboxylic acids is 1. The molecule has 1 aromatic heterocycles. The van der Waals surface area contributed by atoms with Crippen molar-refractivity contribution < 1.29 is 9.90 Å². The highest BCUT2D eigenvalue weighted by atomic mass is 16.3. The average molecular weight is 282 g/mol. The molecule has 1 aromatic carbocycles. The second-order valence-corrected chi connectivity index (χ2v) is 5.38. The Morgan fingerprint density at radius 2 is 2.14 bits per heavy atom. The van der Waals surface area contributed by atoms with Crippen molar-refractivity contribution >= 4 is 5.91 Å². The van der Waals surface area contributed by atoms with Gasteiger partial charge in [0.2, 0.25) is 5.91 Å². The van der Waals surface area contributed by atoms with E-state index in [1.54, 1.807) is 12.4 Å². The summed E-state index contributed by atoms with van der Waals surface area (Å²) in [5, 5.41) is 13.1. The average Bonchev–Trinajstić information content (AvgIpc) is 2.82. The molecule has 0 saturated carbocycles. The summed E-state index contributed by atoms with van der Waals surface area (Å²) in [6.45, 7) is 0. The second kappa shape index (κ2) is 6.06. The number of carbonyl (C=O) groups is 1. The van der Waals surface area contributed by atoms with Crippen molar-refractivity contribution in [2.45, 2.75) is 31.4 Å². The Labute approximate surface area is 123 Å². The van der Waals surface area contributed by atoms with Crippen molar-refractivity contribution in [2.24, 2.45) is 0 Å². The van der Waals surface area contributed by atoms with Gasteiger partial charge in [0.15, 0.2) is 0 Å². The highest BCUT2D eigenvalue weighted by Gasteiger charge is 2.31. The molecular formula is C17H18N2O2. The van der Waals surface area contributed by atoms with Gasteiger partial charge < -0.3 is 10.4 Å². The smallest absolute Gasteiger partial charge is 0.220 e. The van der Waals surface area contributed by atoms with Crippen LogP contribution in [0.3, 0.4) is 0 Å². The maximum Gasteiger partial charge on any atom is 0.220 e. The van der Waals surface area contributed by atoms with Gasteiger partial charge in [0, 0.05) is 25.2 Å². The predicted octanol–water partition coefficient (Wildman–Crippen LogP) is 1.79. The molecule has 0 unspecified atom stereocenters. The number of amides is 1. The molecule has 0 fully saturated rings. The maximum absolute atomic E-state index is 12.1. The maximum atomic E-state index is 12.1. The Bertz CT molecular complexity index is 628. The van der Waals surface area contributed by atoms with Gasteiger partial charge in [-0.2, -0.15) is 0 Å². The first-order chi connectivity index (χ1) is 10.2. The van der Waals surface area contributed by atoms with E-state index in [2.05, 4.69) is 10.3 Å². The van der Waals surface area contributed by atoms with E-state index in [9.17, 15) is 9.90 Å². The number of aliphatic hydroxyl groups excluding tert-OH is 1. The zero-order chi connectivity index (χ0) is 14.7. The highest BCUT2D eigenvalue weighted by Crippen LogP contribution is 2.31. The minimum absolute atomic E-state index is 0.0420. The van der Waals surface area contributed by atoms with E-state index in [0.29, 0.717) is 19.3 Å². The van der Waals surface area contributed by atoms with Crippen LogP contribution in [0.5, 0.6) is 0 Å². The van der Waals surface area contributed by atoms with Crippen molar-refractivity contribution in [3.05, 3.63) is 65.5 Å². The Balaban J connectivity index is 1.60. The summed E-state index contributed by atoms with van der Waals surface area (Å²) in [6.07, 6.45) is 4.61. The van der Waals surface area contributed by atoms with Crippen LogP contribution < -0.4 is 5.32 Å². The Morgan fingerprint density at radius 1 is 1.29 bits per heavy atom. The number of hydrogen-bond donors (Lipinski definition) is 2. The number of benzene rings is 1. The van der Waals surface area contributed by atoms with Crippen LogP contribution in [0.2, 0.25) is 0 Å². The number of aryl methyl sites for hydroxylation is 1. The molecular weight excluding hydrogens is 264 g/mol. The highest BCUT2D eigenvalue weighted by molar-refractivity contribution is 5.77. The monoisotopic (exact) mass is 282 g/mol. The van der Waals surface area contributed by atoms with Gasteiger partial charge in [0.1, 0.15) is 0 Å². The molecule has 4 heteroatoms. The minimum atomic E-state index is -0.537. The zero-order valence-corrected chi connectivity index (χ0v) is 11.7. The number of nitrogens with one attached hydrogen (secondary N) is 1. The van der Waals surface area contributed by atoms with Crippen molar-refractivity contribution in [3.8, 4) is 0 Å². The van der Waals surface area contributed by atoms with E-state index in [1.807, 2.05) is 36.4 Å². The molecule has 1 aliphatic carbocycles. The van der Waals surface area contributed by atoms with Crippen LogP contribution in [0.4, 0.5) is 0 Å². The molecule has 0 bridgehead atoms. The van der Waals surface area contributed by atoms with Crippen molar-refractivity contribution in [2.75, 3.05) is 0 Å². The lowest BCUT2D eigenvalue weighted by Gasteiger charge is -2.18. The number of nitrogens with zero attached hydrogens (tertiary/aromatic N) is 1. The van der Waals surface area contributed by atoms with Crippen LogP contribution in [0.1, 0.15) is 29.2 Å². The number of rotatable bonds is 4. The fourth-order valence-electron chi connectivity index (χ4n) is 2.80.